The van der Waals surface area contributed by atoms with E-state index >= 15 is 0 Å². The van der Waals surface area contributed by atoms with Gasteiger partial charge in [0.25, 0.3) is 5.91 Å². The van der Waals surface area contributed by atoms with Crippen LogP contribution in [-0.2, 0) is 14.6 Å². The summed E-state index contributed by atoms with van der Waals surface area (Å²) >= 11 is 0. The first kappa shape index (κ1) is 21.6. The molecule has 2 rings (SSSR count). The van der Waals surface area contributed by atoms with Crippen LogP contribution in [0.4, 0.5) is 5.69 Å². The largest absolute Gasteiger partial charge is 0.379 e. The molecule has 0 fully saturated rings. The van der Waals surface area contributed by atoms with Gasteiger partial charge in [-0.05, 0) is 61.2 Å². The van der Waals surface area contributed by atoms with E-state index in [2.05, 4.69) is 5.32 Å². The third-order valence-corrected chi connectivity index (χ3v) is 6.40. The Balaban J connectivity index is 2.17. The Hall–Kier alpha value is -2.69. The summed E-state index contributed by atoms with van der Waals surface area (Å²) in [5.74, 6) is -1.32. The van der Waals surface area contributed by atoms with E-state index in [1.54, 1.807) is 31.2 Å². The Morgan fingerprint density at radius 3 is 2.32 bits per heavy atom. The Morgan fingerprint density at radius 2 is 1.82 bits per heavy atom. The van der Waals surface area contributed by atoms with Crippen molar-refractivity contribution in [1.29, 1.82) is 5.26 Å². The van der Waals surface area contributed by atoms with Crippen LogP contribution in [-0.4, -0.2) is 30.8 Å². The third-order valence-electron chi connectivity index (χ3n) is 4.47. The summed E-state index contributed by atoms with van der Waals surface area (Å²) in [5, 5.41) is 22.0. The van der Waals surface area contributed by atoms with E-state index in [-0.39, 0.29) is 10.8 Å². The van der Waals surface area contributed by atoms with E-state index in [1.807, 2.05) is 19.9 Å². The smallest absolute Gasteiger partial charge is 0.257 e. The Morgan fingerprint density at radius 1 is 1.21 bits per heavy atom. The Labute approximate surface area is 165 Å². The molecule has 6 nitrogen and oxygen atoms in total. The number of aryl methyl sites for hydroxylation is 1. The zero-order valence-electron chi connectivity index (χ0n) is 16.4. The molecule has 28 heavy (non-hydrogen) atoms. The van der Waals surface area contributed by atoms with Crippen LogP contribution in [0.5, 0.6) is 0 Å². The fourth-order valence-corrected chi connectivity index (χ4v) is 4.30. The van der Waals surface area contributed by atoms with Crippen LogP contribution in [0.15, 0.2) is 47.4 Å². The number of hydrogen-bond donors (Lipinski definition) is 2. The van der Waals surface area contributed by atoms with Gasteiger partial charge >= 0.3 is 0 Å². The summed E-state index contributed by atoms with van der Waals surface area (Å²) in [4.78, 5) is 12.5. The van der Waals surface area contributed by atoms with E-state index in [0.717, 1.165) is 5.56 Å². The van der Waals surface area contributed by atoms with Crippen molar-refractivity contribution in [3.63, 3.8) is 0 Å². The van der Waals surface area contributed by atoms with Gasteiger partial charge in [0.1, 0.15) is 0 Å². The highest BCUT2D eigenvalue weighted by Gasteiger charge is 2.36. The van der Waals surface area contributed by atoms with Crippen molar-refractivity contribution < 1.29 is 18.3 Å². The standard InChI is InChI=1S/C21H24N2O4S/c1-14(2)16-6-9-19(10-7-16)28(26,27)13-21(4,25)20(24)23-18-8-5-17(12-22)15(3)11-18/h5-11,14,25H,13H2,1-4H3,(H,23,24). The lowest BCUT2D eigenvalue weighted by molar-refractivity contribution is -0.130. The van der Waals surface area contributed by atoms with Gasteiger partial charge in [-0.25, -0.2) is 8.42 Å². The molecule has 7 heteroatoms. The molecule has 0 saturated heterocycles. The number of nitriles is 1. The molecule has 1 atom stereocenters. The van der Waals surface area contributed by atoms with E-state index in [9.17, 15) is 18.3 Å². The number of amides is 1. The molecule has 0 bridgehead atoms. The van der Waals surface area contributed by atoms with Gasteiger partial charge in [0.05, 0.1) is 22.3 Å². The fourth-order valence-electron chi connectivity index (χ4n) is 2.71. The van der Waals surface area contributed by atoms with Crippen LogP contribution < -0.4 is 5.32 Å². The van der Waals surface area contributed by atoms with Crippen LogP contribution in [0.25, 0.3) is 0 Å². The first-order valence-corrected chi connectivity index (χ1v) is 10.5. The van der Waals surface area contributed by atoms with Crippen molar-refractivity contribution in [3.8, 4) is 6.07 Å². The highest BCUT2D eigenvalue weighted by molar-refractivity contribution is 7.91. The number of benzene rings is 2. The number of aliphatic hydroxyl groups is 1. The molecule has 0 heterocycles. The maximum atomic E-state index is 12.6. The first-order valence-electron chi connectivity index (χ1n) is 8.83. The summed E-state index contributed by atoms with van der Waals surface area (Å²) in [6, 6.07) is 13.1. The average molecular weight is 401 g/mol. The van der Waals surface area contributed by atoms with Crippen molar-refractivity contribution in [2.75, 3.05) is 11.1 Å². The number of anilines is 1. The van der Waals surface area contributed by atoms with Crippen molar-refractivity contribution >= 4 is 21.4 Å². The van der Waals surface area contributed by atoms with E-state index in [1.165, 1.54) is 25.1 Å². The van der Waals surface area contributed by atoms with Gasteiger partial charge in [-0.3, -0.25) is 4.79 Å². The molecule has 2 aromatic carbocycles. The molecule has 2 aromatic rings. The minimum Gasteiger partial charge on any atom is -0.379 e. The summed E-state index contributed by atoms with van der Waals surface area (Å²) in [7, 11) is -3.87. The monoisotopic (exact) mass is 400 g/mol. The van der Waals surface area contributed by atoms with Gasteiger partial charge in [0.15, 0.2) is 15.4 Å². The molecule has 148 valence electrons. The maximum absolute atomic E-state index is 12.6. The highest BCUT2D eigenvalue weighted by Crippen LogP contribution is 2.22. The number of sulfone groups is 1. The lowest BCUT2D eigenvalue weighted by Crippen LogP contribution is -2.45. The predicted molar refractivity (Wildman–Crippen MR) is 108 cm³/mol. The summed E-state index contributed by atoms with van der Waals surface area (Å²) in [6.07, 6.45) is 0. The Bertz CT molecular complexity index is 1020. The van der Waals surface area contributed by atoms with Crippen molar-refractivity contribution in [2.45, 2.75) is 44.1 Å². The first-order chi connectivity index (χ1) is 13.0. The van der Waals surface area contributed by atoms with Gasteiger partial charge < -0.3 is 10.4 Å². The number of hydrogen-bond acceptors (Lipinski definition) is 5. The normalized spacial score (nSPS) is 13.6. The van der Waals surface area contributed by atoms with Crippen LogP contribution in [0, 0.1) is 18.3 Å². The van der Waals surface area contributed by atoms with Crippen molar-refractivity contribution in [3.05, 3.63) is 59.2 Å². The van der Waals surface area contributed by atoms with Gasteiger partial charge in [0.2, 0.25) is 0 Å². The number of nitrogens with one attached hydrogen (secondary N) is 1. The minimum atomic E-state index is -3.87. The van der Waals surface area contributed by atoms with Gasteiger partial charge in [0, 0.05) is 5.69 Å². The summed E-state index contributed by atoms with van der Waals surface area (Å²) in [5.41, 5.74) is 0.382. The van der Waals surface area contributed by atoms with Crippen LogP contribution >= 0.6 is 0 Å². The lowest BCUT2D eigenvalue weighted by Gasteiger charge is -2.22. The van der Waals surface area contributed by atoms with Gasteiger partial charge in [-0.15, -0.1) is 0 Å². The number of nitrogens with zero attached hydrogens (tertiary/aromatic N) is 1. The molecule has 0 aliphatic carbocycles. The second-order valence-electron chi connectivity index (χ2n) is 7.35. The molecule has 0 radical (unpaired) electrons. The van der Waals surface area contributed by atoms with Crippen LogP contribution in [0.1, 0.15) is 43.4 Å². The number of rotatable bonds is 6. The van der Waals surface area contributed by atoms with Crippen molar-refractivity contribution in [2.24, 2.45) is 0 Å². The van der Waals surface area contributed by atoms with Gasteiger partial charge in [-0.2, -0.15) is 5.26 Å². The van der Waals surface area contributed by atoms with E-state index < -0.39 is 27.1 Å². The quantitative estimate of drug-likeness (QED) is 0.774. The number of carbonyl (C=O) groups is 1. The topological polar surface area (TPSA) is 107 Å². The van der Waals surface area contributed by atoms with Crippen LogP contribution in [0.2, 0.25) is 0 Å². The number of carbonyl (C=O) groups excluding carboxylic acids is 1. The summed E-state index contributed by atoms with van der Waals surface area (Å²) < 4.78 is 25.3. The highest BCUT2D eigenvalue weighted by atomic mass is 32.2. The zero-order chi connectivity index (χ0) is 21.1. The molecule has 0 aliphatic rings. The fraction of sp³-hybridized carbons (Fsp3) is 0.333. The average Bonchev–Trinajstić information content (AvgIpc) is 2.61. The molecule has 0 saturated carbocycles. The Kier molecular flexibility index (Phi) is 6.27. The SMILES string of the molecule is Cc1cc(NC(=O)C(C)(O)CS(=O)(=O)c2ccc(C(C)C)cc2)ccc1C#N. The molecule has 1 unspecified atom stereocenters. The van der Waals surface area contributed by atoms with Crippen molar-refractivity contribution in [1.82, 2.24) is 0 Å². The zero-order valence-corrected chi connectivity index (χ0v) is 17.2. The molecule has 1 amide bonds. The van der Waals surface area contributed by atoms with E-state index in [4.69, 9.17) is 5.26 Å². The maximum Gasteiger partial charge on any atom is 0.257 e. The molecule has 0 aliphatic heterocycles. The molecule has 0 spiro atoms. The summed E-state index contributed by atoms with van der Waals surface area (Å²) in [6.45, 7) is 6.89. The van der Waals surface area contributed by atoms with Crippen LogP contribution in [0.3, 0.4) is 0 Å². The molecule has 0 aromatic heterocycles. The second kappa shape index (κ2) is 8.13. The van der Waals surface area contributed by atoms with Gasteiger partial charge in [-0.1, -0.05) is 26.0 Å². The van der Waals surface area contributed by atoms with E-state index in [0.29, 0.717) is 16.8 Å². The molecule has 2 N–H and O–H groups in total. The molecular formula is C21H24N2O4S. The lowest BCUT2D eigenvalue weighted by atomic mass is 10.0. The third kappa shape index (κ3) is 4.97. The molecular weight excluding hydrogens is 376 g/mol. The predicted octanol–water partition coefficient (Wildman–Crippen LogP) is 3.15. The second-order valence-corrected chi connectivity index (χ2v) is 9.34. The minimum absolute atomic E-state index is 0.0548.